The van der Waals surface area contributed by atoms with E-state index in [2.05, 4.69) is 18.2 Å². The standard InChI is InChI=1S/C21H23NO2/c1-3-24-20-11-7-5-9-17(20)13-15-21(23)22(2)19-14-12-16-8-4-6-10-18(16)19/h4-11,13,15,19H,3,12,14H2,1-2H3/b15-13+. The molecule has 1 unspecified atom stereocenters. The number of amides is 1. The van der Waals surface area contributed by atoms with Gasteiger partial charge in [0.05, 0.1) is 12.6 Å². The molecule has 0 N–H and O–H groups in total. The first-order valence-corrected chi connectivity index (χ1v) is 8.45. The summed E-state index contributed by atoms with van der Waals surface area (Å²) in [5.41, 5.74) is 3.55. The topological polar surface area (TPSA) is 29.5 Å². The van der Waals surface area contributed by atoms with Gasteiger partial charge in [-0.2, -0.15) is 0 Å². The van der Waals surface area contributed by atoms with E-state index >= 15 is 0 Å². The average molecular weight is 321 g/mol. The number of benzene rings is 2. The van der Waals surface area contributed by atoms with Crippen LogP contribution in [-0.2, 0) is 11.2 Å². The molecule has 2 aromatic carbocycles. The number of likely N-dealkylation sites (N-methyl/N-ethyl adjacent to an activating group) is 1. The van der Waals surface area contributed by atoms with E-state index in [0.29, 0.717) is 6.61 Å². The normalized spacial score (nSPS) is 16.2. The maximum Gasteiger partial charge on any atom is 0.246 e. The molecule has 1 aliphatic carbocycles. The van der Waals surface area contributed by atoms with Crippen molar-refractivity contribution in [1.82, 2.24) is 4.90 Å². The molecule has 1 aliphatic rings. The van der Waals surface area contributed by atoms with E-state index < -0.39 is 0 Å². The molecule has 3 rings (SSSR count). The van der Waals surface area contributed by atoms with Gasteiger partial charge in [0.1, 0.15) is 5.75 Å². The molecular formula is C21H23NO2. The van der Waals surface area contributed by atoms with E-state index in [0.717, 1.165) is 24.2 Å². The van der Waals surface area contributed by atoms with Crippen LogP contribution in [0.4, 0.5) is 0 Å². The Labute approximate surface area is 143 Å². The predicted molar refractivity (Wildman–Crippen MR) is 96.9 cm³/mol. The van der Waals surface area contributed by atoms with Crippen molar-refractivity contribution < 1.29 is 9.53 Å². The Morgan fingerprint density at radius 2 is 1.96 bits per heavy atom. The highest BCUT2D eigenvalue weighted by Gasteiger charge is 2.27. The number of hydrogen-bond acceptors (Lipinski definition) is 2. The first kappa shape index (κ1) is 16.3. The van der Waals surface area contributed by atoms with E-state index in [-0.39, 0.29) is 11.9 Å². The number of aryl methyl sites for hydroxylation is 1. The highest BCUT2D eigenvalue weighted by Crippen LogP contribution is 2.34. The number of para-hydroxylation sites is 1. The predicted octanol–water partition coefficient (Wildman–Crippen LogP) is 4.24. The van der Waals surface area contributed by atoms with Crippen molar-refractivity contribution in [3.63, 3.8) is 0 Å². The van der Waals surface area contributed by atoms with E-state index in [1.807, 2.05) is 55.3 Å². The van der Waals surface area contributed by atoms with Crippen LogP contribution in [-0.4, -0.2) is 24.5 Å². The average Bonchev–Trinajstić information content (AvgIpc) is 3.04. The number of carbonyl (C=O) groups is 1. The van der Waals surface area contributed by atoms with Crippen LogP contribution in [0.5, 0.6) is 5.75 Å². The summed E-state index contributed by atoms with van der Waals surface area (Å²) in [7, 11) is 1.88. The number of carbonyl (C=O) groups excluding carboxylic acids is 1. The second kappa shape index (κ2) is 7.35. The lowest BCUT2D eigenvalue weighted by Gasteiger charge is -2.24. The smallest absolute Gasteiger partial charge is 0.246 e. The van der Waals surface area contributed by atoms with Crippen LogP contribution in [0.1, 0.15) is 36.1 Å². The summed E-state index contributed by atoms with van der Waals surface area (Å²) in [6.07, 6.45) is 5.50. The summed E-state index contributed by atoms with van der Waals surface area (Å²) < 4.78 is 5.60. The van der Waals surface area contributed by atoms with Crippen LogP contribution in [0.2, 0.25) is 0 Å². The molecule has 3 heteroatoms. The number of ether oxygens (including phenoxy) is 1. The van der Waals surface area contributed by atoms with Crippen LogP contribution in [0.25, 0.3) is 6.08 Å². The fourth-order valence-corrected chi connectivity index (χ4v) is 3.27. The third-order valence-corrected chi connectivity index (χ3v) is 4.54. The zero-order valence-electron chi connectivity index (χ0n) is 14.2. The Kier molecular flexibility index (Phi) is 4.99. The van der Waals surface area contributed by atoms with Crippen LogP contribution in [0.3, 0.4) is 0 Å². The van der Waals surface area contributed by atoms with Crippen LogP contribution in [0, 0.1) is 0 Å². The van der Waals surface area contributed by atoms with Gasteiger partial charge in [-0.1, -0.05) is 42.5 Å². The van der Waals surface area contributed by atoms with Gasteiger partial charge in [-0.25, -0.2) is 0 Å². The number of fused-ring (bicyclic) bond motifs is 1. The summed E-state index contributed by atoms with van der Waals surface area (Å²) in [6.45, 7) is 2.56. The molecule has 0 bridgehead atoms. The van der Waals surface area contributed by atoms with Gasteiger partial charge in [0.2, 0.25) is 5.91 Å². The van der Waals surface area contributed by atoms with E-state index in [1.165, 1.54) is 11.1 Å². The Balaban J connectivity index is 1.74. The quantitative estimate of drug-likeness (QED) is 0.771. The molecule has 3 nitrogen and oxygen atoms in total. The molecule has 1 amide bonds. The number of rotatable bonds is 5. The summed E-state index contributed by atoms with van der Waals surface area (Å²) in [6, 6.07) is 16.3. The molecule has 0 radical (unpaired) electrons. The Bertz CT molecular complexity index is 751. The monoisotopic (exact) mass is 321 g/mol. The molecule has 0 saturated carbocycles. The van der Waals surface area contributed by atoms with Crippen molar-refractivity contribution in [3.05, 3.63) is 71.3 Å². The van der Waals surface area contributed by atoms with Gasteiger partial charge in [0, 0.05) is 18.7 Å². The van der Waals surface area contributed by atoms with Crippen molar-refractivity contribution in [2.24, 2.45) is 0 Å². The molecule has 0 aromatic heterocycles. The summed E-state index contributed by atoms with van der Waals surface area (Å²) in [4.78, 5) is 14.4. The fourth-order valence-electron chi connectivity index (χ4n) is 3.27. The number of nitrogens with zero attached hydrogens (tertiary/aromatic N) is 1. The summed E-state index contributed by atoms with van der Waals surface area (Å²) >= 11 is 0. The molecule has 0 fully saturated rings. The van der Waals surface area contributed by atoms with Crippen molar-refractivity contribution in [2.45, 2.75) is 25.8 Å². The highest BCUT2D eigenvalue weighted by atomic mass is 16.5. The summed E-state index contributed by atoms with van der Waals surface area (Å²) in [5.74, 6) is 0.820. The van der Waals surface area contributed by atoms with Crippen molar-refractivity contribution in [3.8, 4) is 5.75 Å². The molecule has 0 heterocycles. The van der Waals surface area contributed by atoms with Gasteiger partial charge in [-0.3, -0.25) is 4.79 Å². The largest absolute Gasteiger partial charge is 0.493 e. The third kappa shape index (κ3) is 3.35. The third-order valence-electron chi connectivity index (χ3n) is 4.54. The lowest BCUT2D eigenvalue weighted by Crippen LogP contribution is -2.28. The van der Waals surface area contributed by atoms with Gasteiger partial charge in [0.25, 0.3) is 0 Å². The highest BCUT2D eigenvalue weighted by molar-refractivity contribution is 5.92. The second-order valence-electron chi connectivity index (χ2n) is 6.01. The van der Waals surface area contributed by atoms with Gasteiger partial charge in [-0.15, -0.1) is 0 Å². The maximum atomic E-state index is 12.6. The van der Waals surface area contributed by atoms with Gasteiger partial charge >= 0.3 is 0 Å². The Morgan fingerprint density at radius 1 is 1.21 bits per heavy atom. The van der Waals surface area contributed by atoms with Crippen LogP contribution in [0.15, 0.2) is 54.6 Å². The molecule has 0 saturated heterocycles. The lowest BCUT2D eigenvalue weighted by atomic mass is 10.1. The molecule has 124 valence electrons. The number of hydrogen-bond donors (Lipinski definition) is 0. The SMILES string of the molecule is CCOc1ccccc1/C=C/C(=O)N(C)C1CCc2ccccc21. The molecule has 0 spiro atoms. The summed E-state index contributed by atoms with van der Waals surface area (Å²) in [5, 5.41) is 0. The van der Waals surface area contributed by atoms with Crippen molar-refractivity contribution >= 4 is 12.0 Å². The fraction of sp³-hybridized carbons (Fsp3) is 0.286. The van der Waals surface area contributed by atoms with Crippen molar-refractivity contribution in [1.29, 1.82) is 0 Å². The second-order valence-corrected chi connectivity index (χ2v) is 6.01. The molecule has 1 atom stereocenters. The first-order valence-electron chi connectivity index (χ1n) is 8.45. The van der Waals surface area contributed by atoms with Crippen molar-refractivity contribution in [2.75, 3.05) is 13.7 Å². The zero-order chi connectivity index (χ0) is 16.9. The van der Waals surface area contributed by atoms with Gasteiger partial charge in [-0.05, 0) is 43.0 Å². The molecule has 2 aromatic rings. The first-order chi connectivity index (χ1) is 11.7. The molecule has 0 aliphatic heterocycles. The molecular weight excluding hydrogens is 298 g/mol. The zero-order valence-corrected chi connectivity index (χ0v) is 14.2. The van der Waals surface area contributed by atoms with Gasteiger partial charge in [0.15, 0.2) is 0 Å². The Hall–Kier alpha value is -2.55. The molecule has 24 heavy (non-hydrogen) atoms. The lowest BCUT2D eigenvalue weighted by molar-refractivity contribution is -0.126. The minimum atomic E-state index is 0.0167. The minimum absolute atomic E-state index is 0.0167. The van der Waals surface area contributed by atoms with E-state index in [4.69, 9.17) is 4.74 Å². The van der Waals surface area contributed by atoms with E-state index in [9.17, 15) is 4.79 Å². The Morgan fingerprint density at radius 3 is 2.79 bits per heavy atom. The van der Waals surface area contributed by atoms with Crippen LogP contribution < -0.4 is 4.74 Å². The van der Waals surface area contributed by atoms with Crippen LogP contribution >= 0.6 is 0 Å². The minimum Gasteiger partial charge on any atom is -0.493 e. The van der Waals surface area contributed by atoms with E-state index in [1.54, 1.807) is 6.08 Å². The maximum absolute atomic E-state index is 12.6. The van der Waals surface area contributed by atoms with Gasteiger partial charge < -0.3 is 9.64 Å².